The Labute approximate surface area is 341 Å². The fourth-order valence-corrected chi connectivity index (χ4v) is 5.72. The van der Waals surface area contributed by atoms with Crippen LogP contribution in [-0.2, 0) is 60.3 Å². The van der Waals surface area contributed by atoms with Gasteiger partial charge in [0, 0.05) is 90.8 Å². The fourth-order valence-electron chi connectivity index (χ4n) is 5.72. The molecule has 0 saturated heterocycles. The molecule has 3 heterocycles. The van der Waals surface area contributed by atoms with Crippen LogP contribution in [0.2, 0.25) is 0 Å². The Morgan fingerprint density at radius 2 is 1.10 bits per heavy atom. The third-order valence-electron chi connectivity index (χ3n) is 7.75. The summed E-state index contributed by atoms with van der Waals surface area (Å²) in [7, 11) is 0. The fraction of sp³-hybridized carbons (Fsp3) is 0.0682. The number of fused-ring (bicyclic) bond motifs is 1. The van der Waals surface area contributed by atoms with Crippen LogP contribution in [0.25, 0.3) is 50.4 Å². The summed E-state index contributed by atoms with van der Waals surface area (Å²) >= 11 is 0. The number of rotatable bonds is 4. The summed E-state index contributed by atoms with van der Waals surface area (Å²) in [6.07, 6.45) is 7.49. The molecule has 3 aromatic heterocycles. The Kier molecular flexibility index (Phi) is 16.7. The average Bonchev–Trinajstić information content (AvgIpc) is 3.62. The molecule has 0 amide bonds. The Hall–Kier alpha value is -4.18. The van der Waals surface area contributed by atoms with Crippen molar-refractivity contribution in [3.05, 3.63) is 193 Å². The molecular formula is C44H35Ir3N4-3. The van der Waals surface area contributed by atoms with E-state index in [0.717, 1.165) is 33.9 Å². The second-order valence-electron chi connectivity index (χ2n) is 11.3. The van der Waals surface area contributed by atoms with E-state index in [0.29, 0.717) is 0 Å². The minimum absolute atomic E-state index is 0. The summed E-state index contributed by atoms with van der Waals surface area (Å²) in [5, 5.41) is 2.39. The Morgan fingerprint density at radius 3 is 1.71 bits per heavy atom. The second-order valence-corrected chi connectivity index (χ2v) is 11.3. The van der Waals surface area contributed by atoms with Gasteiger partial charge in [0.1, 0.15) is 0 Å². The summed E-state index contributed by atoms with van der Waals surface area (Å²) in [6.45, 7) is 6.42. The van der Waals surface area contributed by atoms with E-state index in [1.54, 1.807) is 6.20 Å². The molecule has 51 heavy (non-hydrogen) atoms. The van der Waals surface area contributed by atoms with Crippen LogP contribution in [0.1, 0.15) is 16.7 Å². The SMILES string of the molecule is Cc1cc(C)c(-n2ccnc2-c2[c-]cccc2)c(C)c1.[Ir].[Ir].[Ir].[c-]1ccccc1-c1ccccn1.[c-]1ccccc1-c1nccc2ccccc12. The average molecular weight is 1200 g/mol. The van der Waals surface area contributed by atoms with Crippen LogP contribution in [0.5, 0.6) is 0 Å². The maximum atomic E-state index is 4.50. The van der Waals surface area contributed by atoms with Crippen molar-refractivity contribution in [1.82, 2.24) is 19.5 Å². The van der Waals surface area contributed by atoms with E-state index in [9.17, 15) is 0 Å². The first kappa shape index (κ1) is 41.2. The van der Waals surface area contributed by atoms with Crippen LogP contribution in [0.4, 0.5) is 0 Å². The molecule has 8 aromatic rings. The van der Waals surface area contributed by atoms with E-state index in [4.69, 9.17) is 0 Å². The predicted molar refractivity (Wildman–Crippen MR) is 197 cm³/mol. The van der Waals surface area contributed by atoms with Gasteiger partial charge in [0.25, 0.3) is 0 Å². The maximum absolute atomic E-state index is 4.50. The van der Waals surface area contributed by atoms with Crippen LogP contribution < -0.4 is 0 Å². The summed E-state index contributed by atoms with van der Waals surface area (Å²) in [4.78, 5) is 13.2. The smallest absolute Gasteiger partial charge is 0.0602 e. The zero-order valence-electron chi connectivity index (χ0n) is 28.3. The molecule has 0 bridgehead atoms. The molecule has 0 aliphatic rings. The van der Waals surface area contributed by atoms with Crippen molar-refractivity contribution in [2.75, 3.05) is 0 Å². The Bertz CT molecular complexity index is 2140. The third kappa shape index (κ3) is 10.7. The number of pyridine rings is 2. The molecule has 8 rings (SSSR count). The molecule has 0 atom stereocenters. The van der Waals surface area contributed by atoms with Gasteiger partial charge in [-0.25, -0.2) is 0 Å². The molecule has 0 N–H and O–H groups in total. The number of aryl methyl sites for hydroxylation is 3. The number of imidazole rings is 1. The first-order valence-electron chi connectivity index (χ1n) is 15.9. The van der Waals surface area contributed by atoms with Crippen molar-refractivity contribution in [3.63, 3.8) is 0 Å². The normalized spacial score (nSPS) is 9.78. The van der Waals surface area contributed by atoms with Crippen LogP contribution in [0.3, 0.4) is 0 Å². The van der Waals surface area contributed by atoms with Gasteiger partial charge in [0.15, 0.2) is 0 Å². The first-order valence-corrected chi connectivity index (χ1v) is 15.9. The van der Waals surface area contributed by atoms with Gasteiger partial charge in [0.2, 0.25) is 0 Å². The molecule has 0 aliphatic carbocycles. The number of nitrogens with zero attached hydrogens (tertiary/aromatic N) is 4. The molecule has 261 valence electrons. The van der Waals surface area contributed by atoms with E-state index in [-0.39, 0.29) is 60.3 Å². The molecule has 4 nitrogen and oxygen atoms in total. The van der Waals surface area contributed by atoms with Crippen molar-refractivity contribution in [3.8, 4) is 39.6 Å². The van der Waals surface area contributed by atoms with Gasteiger partial charge in [-0.05, 0) is 66.2 Å². The largest absolute Gasteiger partial charge is 0.340 e. The predicted octanol–water partition coefficient (Wildman–Crippen LogP) is 10.5. The van der Waals surface area contributed by atoms with E-state index < -0.39 is 0 Å². The number of benzene rings is 5. The summed E-state index contributed by atoms with van der Waals surface area (Å²) in [6, 6.07) is 53.9. The molecule has 7 heteroatoms. The standard InChI is InChI=1S/C18H17N2.C15H10N.C11H8N.3Ir/c1-13-11-14(2)17(15(3)12-13)20-10-9-19-18(20)16-7-5-4-6-8-16;1-2-7-13(8-3-1)15-14-9-5-4-6-12(14)10-11-16-15;1-2-6-10(7-3-1)11-8-4-5-9-12-11;;;/h4-7,9-12H,1-3H3;1-7,9-11H;1-6,8-9H;;;/q3*-1;;;. The van der Waals surface area contributed by atoms with Gasteiger partial charge >= 0.3 is 0 Å². The van der Waals surface area contributed by atoms with Gasteiger partial charge in [-0.3, -0.25) is 4.98 Å². The zero-order valence-corrected chi connectivity index (χ0v) is 35.5. The van der Waals surface area contributed by atoms with E-state index in [2.05, 4.69) is 82.8 Å². The van der Waals surface area contributed by atoms with Crippen LogP contribution in [0, 0.1) is 39.0 Å². The van der Waals surface area contributed by atoms with Crippen molar-refractivity contribution >= 4 is 10.8 Å². The number of hydrogen-bond acceptors (Lipinski definition) is 3. The maximum Gasteiger partial charge on any atom is 0.0602 e. The summed E-state index contributed by atoms with van der Waals surface area (Å²) in [5.41, 5.74) is 10.1. The zero-order chi connectivity index (χ0) is 33.1. The van der Waals surface area contributed by atoms with Gasteiger partial charge in [-0.15, -0.1) is 108 Å². The van der Waals surface area contributed by atoms with Gasteiger partial charge in [0.05, 0.1) is 5.82 Å². The van der Waals surface area contributed by atoms with Crippen molar-refractivity contribution in [1.29, 1.82) is 0 Å². The molecule has 0 spiro atoms. The van der Waals surface area contributed by atoms with E-state index >= 15 is 0 Å². The van der Waals surface area contributed by atoms with Crippen molar-refractivity contribution in [2.45, 2.75) is 20.8 Å². The van der Waals surface area contributed by atoms with Gasteiger partial charge in [-0.2, -0.15) is 0 Å². The Morgan fingerprint density at radius 1 is 0.510 bits per heavy atom. The Balaban J connectivity index is 0.000000206. The minimum atomic E-state index is 0. The quantitative estimate of drug-likeness (QED) is 0.165. The molecule has 0 unspecified atom stereocenters. The van der Waals surface area contributed by atoms with Crippen molar-refractivity contribution in [2.24, 2.45) is 0 Å². The van der Waals surface area contributed by atoms with Gasteiger partial charge < -0.3 is 14.5 Å². The van der Waals surface area contributed by atoms with Crippen LogP contribution >= 0.6 is 0 Å². The molecule has 0 saturated carbocycles. The molecule has 0 fully saturated rings. The molecule has 0 aliphatic heterocycles. The van der Waals surface area contributed by atoms with Crippen LogP contribution in [0.15, 0.2) is 158 Å². The molecular weight excluding hydrogens is 1160 g/mol. The molecule has 5 aromatic carbocycles. The van der Waals surface area contributed by atoms with Gasteiger partial charge in [-0.1, -0.05) is 54.1 Å². The summed E-state index contributed by atoms with van der Waals surface area (Å²) in [5.74, 6) is 0.931. The topological polar surface area (TPSA) is 43.6 Å². The second kappa shape index (κ2) is 20.6. The summed E-state index contributed by atoms with van der Waals surface area (Å²) < 4.78 is 2.15. The molecule has 3 radical (unpaired) electrons. The van der Waals surface area contributed by atoms with Crippen LogP contribution in [-0.4, -0.2) is 19.5 Å². The van der Waals surface area contributed by atoms with E-state index in [1.165, 1.54) is 33.2 Å². The number of aromatic nitrogens is 4. The minimum Gasteiger partial charge on any atom is -0.340 e. The van der Waals surface area contributed by atoms with E-state index in [1.807, 2.05) is 128 Å². The number of hydrogen-bond donors (Lipinski definition) is 0. The van der Waals surface area contributed by atoms with Crippen molar-refractivity contribution < 1.29 is 60.3 Å². The third-order valence-corrected chi connectivity index (χ3v) is 7.75. The monoisotopic (exact) mass is 1200 g/mol. The first-order chi connectivity index (χ1) is 23.6.